The Labute approximate surface area is 149 Å². The minimum Gasteiger partial charge on any atom is -0.484 e. The molecule has 0 spiro atoms. The molecule has 2 rings (SSSR count). The van der Waals surface area contributed by atoms with Crippen LogP contribution in [-0.4, -0.2) is 18.4 Å². The van der Waals surface area contributed by atoms with Crippen molar-refractivity contribution in [1.82, 2.24) is 0 Å². The molecule has 0 aromatic heterocycles. The predicted molar refractivity (Wildman–Crippen MR) is 98.5 cm³/mol. The largest absolute Gasteiger partial charge is 0.484 e. The fourth-order valence-corrected chi connectivity index (χ4v) is 2.40. The van der Waals surface area contributed by atoms with Gasteiger partial charge in [0, 0.05) is 22.8 Å². The van der Waals surface area contributed by atoms with Crippen molar-refractivity contribution in [3.8, 4) is 5.75 Å². The van der Waals surface area contributed by atoms with E-state index >= 15 is 0 Å². The Kier molecular flexibility index (Phi) is 5.98. The van der Waals surface area contributed by atoms with Gasteiger partial charge in [-0.15, -0.1) is 0 Å². The summed E-state index contributed by atoms with van der Waals surface area (Å²) >= 11 is 3.50. The average molecular weight is 391 g/mol. The number of amides is 2. The third-order valence-electron chi connectivity index (χ3n) is 3.27. The molecule has 0 fully saturated rings. The maximum Gasteiger partial charge on any atom is 0.262 e. The number of hydrogen-bond donors (Lipinski definition) is 2. The van der Waals surface area contributed by atoms with Gasteiger partial charge in [-0.3, -0.25) is 9.59 Å². The normalized spacial score (nSPS) is 10.2. The van der Waals surface area contributed by atoms with E-state index in [0.29, 0.717) is 17.1 Å². The van der Waals surface area contributed by atoms with E-state index in [9.17, 15) is 9.59 Å². The zero-order chi connectivity index (χ0) is 17.7. The zero-order valence-corrected chi connectivity index (χ0v) is 15.4. The van der Waals surface area contributed by atoms with Crippen molar-refractivity contribution in [3.05, 3.63) is 52.0 Å². The summed E-state index contributed by atoms with van der Waals surface area (Å²) in [5.41, 5.74) is 3.43. The van der Waals surface area contributed by atoms with Crippen molar-refractivity contribution < 1.29 is 14.3 Å². The topological polar surface area (TPSA) is 67.4 Å². The van der Waals surface area contributed by atoms with E-state index in [2.05, 4.69) is 26.6 Å². The molecule has 6 heteroatoms. The molecule has 0 unspecified atom stereocenters. The molecular formula is C18H19BrN2O3. The fourth-order valence-electron chi connectivity index (χ4n) is 2.18. The van der Waals surface area contributed by atoms with Crippen molar-refractivity contribution in [3.63, 3.8) is 0 Å². The molecular weight excluding hydrogens is 372 g/mol. The lowest BCUT2D eigenvalue weighted by Gasteiger charge is -2.11. The molecule has 0 saturated heterocycles. The average Bonchev–Trinajstić information content (AvgIpc) is 2.52. The van der Waals surface area contributed by atoms with Crippen molar-refractivity contribution >= 4 is 39.1 Å². The van der Waals surface area contributed by atoms with E-state index in [4.69, 9.17) is 4.74 Å². The predicted octanol–water partition coefficient (Wildman–Crippen LogP) is 4.04. The highest BCUT2D eigenvalue weighted by Crippen LogP contribution is 2.26. The quantitative estimate of drug-likeness (QED) is 0.809. The number of nitrogens with one attached hydrogen (secondary N) is 2. The molecule has 126 valence electrons. The van der Waals surface area contributed by atoms with Crippen LogP contribution in [0.3, 0.4) is 0 Å². The van der Waals surface area contributed by atoms with Gasteiger partial charge in [0.2, 0.25) is 5.91 Å². The number of hydrogen-bond acceptors (Lipinski definition) is 3. The van der Waals surface area contributed by atoms with Gasteiger partial charge in [0.25, 0.3) is 5.91 Å². The van der Waals surface area contributed by atoms with E-state index in [1.165, 1.54) is 6.92 Å². The maximum absolute atomic E-state index is 12.0. The number of anilines is 2. The van der Waals surface area contributed by atoms with Crippen LogP contribution in [0.1, 0.15) is 18.1 Å². The first-order chi connectivity index (χ1) is 11.3. The molecule has 0 aliphatic rings. The lowest BCUT2D eigenvalue weighted by atomic mass is 10.1. The standard InChI is InChI=1S/C18H19BrN2O3/c1-11-8-16(9-12(2)18(11)19)24-10-17(23)21-15-6-4-14(5-7-15)20-13(3)22/h4-9H,10H2,1-3H3,(H,20,22)(H,21,23). The summed E-state index contributed by atoms with van der Waals surface area (Å²) < 4.78 is 6.58. The van der Waals surface area contributed by atoms with Crippen LogP contribution in [0.5, 0.6) is 5.75 Å². The first-order valence-electron chi connectivity index (χ1n) is 7.42. The van der Waals surface area contributed by atoms with Gasteiger partial charge in [-0.2, -0.15) is 0 Å². The molecule has 2 N–H and O–H groups in total. The van der Waals surface area contributed by atoms with Gasteiger partial charge in [0.1, 0.15) is 5.75 Å². The molecule has 0 radical (unpaired) electrons. The summed E-state index contributed by atoms with van der Waals surface area (Å²) in [4.78, 5) is 22.9. The molecule has 0 aliphatic heterocycles. The van der Waals surface area contributed by atoms with E-state index < -0.39 is 0 Å². The van der Waals surface area contributed by atoms with Gasteiger partial charge in [-0.25, -0.2) is 0 Å². The summed E-state index contributed by atoms with van der Waals surface area (Å²) in [7, 11) is 0. The molecule has 2 amide bonds. The lowest BCUT2D eigenvalue weighted by Crippen LogP contribution is -2.20. The van der Waals surface area contributed by atoms with E-state index in [0.717, 1.165) is 15.6 Å². The summed E-state index contributed by atoms with van der Waals surface area (Å²) in [6, 6.07) is 10.6. The van der Waals surface area contributed by atoms with Crippen LogP contribution in [0.25, 0.3) is 0 Å². The SMILES string of the molecule is CC(=O)Nc1ccc(NC(=O)COc2cc(C)c(Br)c(C)c2)cc1. The second kappa shape index (κ2) is 7.97. The van der Waals surface area contributed by atoms with Crippen molar-refractivity contribution in [2.75, 3.05) is 17.2 Å². The van der Waals surface area contributed by atoms with Crippen molar-refractivity contribution in [2.24, 2.45) is 0 Å². The number of carbonyl (C=O) groups is 2. The second-order valence-electron chi connectivity index (χ2n) is 5.47. The van der Waals surface area contributed by atoms with Gasteiger partial charge in [0.15, 0.2) is 6.61 Å². The third kappa shape index (κ3) is 5.09. The Morgan fingerprint density at radius 3 is 2.00 bits per heavy atom. The van der Waals surface area contributed by atoms with Gasteiger partial charge in [-0.05, 0) is 61.4 Å². The van der Waals surface area contributed by atoms with Crippen LogP contribution < -0.4 is 15.4 Å². The van der Waals surface area contributed by atoms with E-state index in [1.807, 2.05) is 26.0 Å². The third-order valence-corrected chi connectivity index (χ3v) is 4.52. The van der Waals surface area contributed by atoms with Crippen molar-refractivity contribution in [1.29, 1.82) is 0 Å². The summed E-state index contributed by atoms with van der Waals surface area (Å²) in [6.07, 6.45) is 0. The minimum absolute atomic E-state index is 0.0754. The van der Waals surface area contributed by atoms with E-state index in [-0.39, 0.29) is 18.4 Å². The molecule has 24 heavy (non-hydrogen) atoms. The fraction of sp³-hybridized carbons (Fsp3) is 0.222. The molecule has 0 atom stereocenters. The Morgan fingerprint density at radius 2 is 1.50 bits per heavy atom. The molecule has 0 saturated carbocycles. The summed E-state index contributed by atoms with van der Waals surface area (Å²) in [6.45, 7) is 5.31. The van der Waals surface area contributed by atoms with Gasteiger partial charge in [0.05, 0.1) is 0 Å². The molecule has 0 aliphatic carbocycles. The Hall–Kier alpha value is -2.34. The van der Waals surface area contributed by atoms with Crippen molar-refractivity contribution in [2.45, 2.75) is 20.8 Å². The number of aryl methyl sites for hydroxylation is 2. The second-order valence-corrected chi connectivity index (χ2v) is 6.26. The molecule has 0 heterocycles. The van der Waals surface area contributed by atoms with Gasteiger partial charge < -0.3 is 15.4 Å². The maximum atomic E-state index is 12.0. The summed E-state index contributed by atoms with van der Waals surface area (Å²) in [5.74, 6) is 0.269. The number of rotatable bonds is 5. The summed E-state index contributed by atoms with van der Waals surface area (Å²) in [5, 5.41) is 5.41. The number of carbonyl (C=O) groups excluding carboxylic acids is 2. The number of benzene rings is 2. The van der Waals surface area contributed by atoms with Crippen LogP contribution in [0, 0.1) is 13.8 Å². The van der Waals surface area contributed by atoms with Gasteiger partial charge >= 0.3 is 0 Å². The highest BCUT2D eigenvalue weighted by atomic mass is 79.9. The van der Waals surface area contributed by atoms with Crippen LogP contribution >= 0.6 is 15.9 Å². The zero-order valence-electron chi connectivity index (χ0n) is 13.8. The van der Waals surface area contributed by atoms with Crippen LogP contribution in [0.2, 0.25) is 0 Å². The Balaban J connectivity index is 1.90. The van der Waals surface area contributed by atoms with Gasteiger partial charge in [-0.1, -0.05) is 15.9 Å². The smallest absolute Gasteiger partial charge is 0.262 e. The van der Waals surface area contributed by atoms with Crippen LogP contribution in [0.15, 0.2) is 40.9 Å². The molecule has 2 aromatic carbocycles. The molecule has 0 bridgehead atoms. The minimum atomic E-state index is -0.250. The van der Waals surface area contributed by atoms with Crippen LogP contribution in [0.4, 0.5) is 11.4 Å². The Bertz CT molecular complexity index is 734. The van der Waals surface area contributed by atoms with E-state index in [1.54, 1.807) is 24.3 Å². The highest BCUT2D eigenvalue weighted by molar-refractivity contribution is 9.10. The molecule has 2 aromatic rings. The molecule has 5 nitrogen and oxygen atoms in total. The highest BCUT2D eigenvalue weighted by Gasteiger charge is 2.07. The number of ether oxygens (including phenoxy) is 1. The first-order valence-corrected chi connectivity index (χ1v) is 8.21. The first kappa shape index (κ1) is 18.0. The number of halogens is 1. The van der Waals surface area contributed by atoms with Crippen LogP contribution in [-0.2, 0) is 9.59 Å². The lowest BCUT2D eigenvalue weighted by molar-refractivity contribution is -0.118. The Morgan fingerprint density at radius 1 is 1.00 bits per heavy atom. The monoisotopic (exact) mass is 390 g/mol.